The van der Waals surface area contributed by atoms with Gasteiger partial charge in [0.2, 0.25) is 0 Å². The number of amides is 1. The van der Waals surface area contributed by atoms with E-state index in [1.165, 1.54) is 53.0 Å². The topological polar surface area (TPSA) is 84.1 Å². The van der Waals surface area contributed by atoms with Gasteiger partial charge in [-0.15, -0.1) is 11.3 Å². The lowest BCUT2D eigenvalue weighted by Crippen LogP contribution is -2.39. The van der Waals surface area contributed by atoms with Crippen LogP contribution in [0.5, 0.6) is 0 Å². The molecule has 3 heterocycles. The Kier molecular flexibility index (Phi) is 5.30. The van der Waals surface area contributed by atoms with Gasteiger partial charge in [0.15, 0.2) is 0 Å². The van der Waals surface area contributed by atoms with Crippen LogP contribution in [-0.2, 0) is 12.8 Å². The van der Waals surface area contributed by atoms with E-state index in [0.717, 1.165) is 42.9 Å². The number of aromatic nitrogens is 2. The van der Waals surface area contributed by atoms with Crippen LogP contribution >= 0.6 is 11.3 Å². The number of fused-ring (bicyclic) bond motifs is 2. The van der Waals surface area contributed by atoms with Crippen LogP contribution in [0.4, 0.5) is 11.4 Å². The average Bonchev–Trinajstić information content (AvgIpc) is 3.09. The van der Waals surface area contributed by atoms with Crippen molar-refractivity contribution in [3.8, 4) is 0 Å². The summed E-state index contributed by atoms with van der Waals surface area (Å²) in [6, 6.07) is 4.85. The van der Waals surface area contributed by atoms with E-state index < -0.39 is 0 Å². The molecule has 6 nitrogen and oxygen atoms in total. The van der Waals surface area contributed by atoms with Crippen molar-refractivity contribution in [1.29, 1.82) is 0 Å². The maximum atomic E-state index is 13.0. The largest absolute Gasteiger partial charge is 0.396 e. The fourth-order valence-corrected chi connectivity index (χ4v) is 5.91. The van der Waals surface area contributed by atoms with Gasteiger partial charge in [-0.25, -0.2) is 9.97 Å². The van der Waals surface area contributed by atoms with Crippen LogP contribution in [0.1, 0.15) is 57.7 Å². The second-order valence-corrected chi connectivity index (χ2v) is 9.88. The summed E-state index contributed by atoms with van der Waals surface area (Å²) in [5.41, 5.74) is 13.6. The Morgan fingerprint density at radius 3 is 2.81 bits per heavy atom. The lowest BCUT2D eigenvalue weighted by atomic mass is 9.86. The molecule has 2 aliphatic rings. The Morgan fingerprint density at radius 2 is 2.00 bits per heavy atom. The zero-order valence-electron chi connectivity index (χ0n) is 18.2. The predicted molar refractivity (Wildman–Crippen MR) is 127 cm³/mol. The molecule has 162 valence electrons. The number of hydrogen-bond acceptors (Lipinski definition) is 6. The number of nitrogens with zero attached hydrogens (tertiary/aromatic N) is 3. The Bertz CT molecular complexity index is 1150. The van der Waals surface area contributed by atoms with Gasteiger partial charge in [0, 0.05) is 31.0 Å². The number of piperidine rings is 1. The monoisotopic (exact) mass is 435 g/mol. The molecule has 0 radical (unpaired) electrons. The summed E-state index contributed by atoms with van der Waals surface area (Å²) < 4.78 is 0. The van der Waals surface area contributed by atoms with E-state index in [1.54, 1.807) is 6.20 Å². The minimum absolute atomic E-state index is 0.116. The first-order chi connectivity index (χ1) is 15.0. The summed E-state index contributed by atoms with van der Waals surface area (Å²) in [7, 11) is 0. The first-order valence-corrected chi connectivity index (χ1v) is 12.0. The fourth-order valence-electron chi connectivity index (χ4n) is 4.91. The van der Waals surface area contributed by atoms with Crippen molar-refractivity contribution in [2.45, 2.75) is 58.4 Å². The molecule has 0 spiro atoms. The van der Waals surface area contributed by atoms with E-state index in [4.69, 9.17) is 5.73 Å². The second kappa shape index (κ2) is 8.11. The number of aryl methyl sites for hydroxylation is 3. The lowest BCUT2D eigenvalue weighted by Gasteiger charge is -2.33. The van der Waals surface area contributed by atoms with Crippen molar-refractivity contribution in [2.24, 2.45) is 0 Å². The van der Waals surface area contributed by atoms with E-state index in [1.807, 2.05) is 6.92 Å². The number of rotatable bonds is 3. The summed E-state index contributed by atoms with van der Waals surface area (Å²) in [5.74, 6) is -0.116. The maximum Gasteiger partial charge on any atom is 0.263 e. The van der Waals surface area contributed by atoms with Gasteiger partial charge in [-0.05, 0) is 75.1 Å². The number of nitrogens with two attached hydrogens (primary N) is 1. The molecular weight excluding hydrogens is 406 g/mol. The van der Waals surface area contributed by atoms with Crippen molar-refractivity contribution in [1.82, 2.24) is 15.3 Å². The highest BCUT2D eigenvalue weighted by Gasteiger charge is 2.25. The Hall–Kier alpha value is -2.67. The molecular formula is C24H29N5OS. The second-order valence-electron chi connectivity index (χ2n) is 8.88. The van der Waals surface area contributed by atoms with Crippen LogP contribution in [0.25, 0.3) is 10.3 Å². The molecule has 0 bridgehead atoms. The average molecular weight is 436 g/mol. The summed E-state index contributed by atoms with van der Waals surface area (Å²) >= 11 is 1.32. The zero-order chi connectivity index (χ0) is 21.5. The maximum absolute atomic E-state index is 13.0. The zero-order valence-corrected chi connectivity index (χ0v) is 19.0. The van der Waals surface area contributed by atoms with Gasteiger partial charge in [0.05, 0.1) is 11.4 Å². The summed E-state index contributed by atoms with van der Waals surface area (Å²) in [5, 5.41) is 3.22. The number of hydrogen-bond donors (Lipinski definition) is 2. The van der Waals surface area contributed by atoms with Crippen molar-refractivity contribution in [3.63, 3.8) is 0 Å². The number of carbonyl (C=O) groups is 1. The quantitative estimate of drug-likeness (QED) is 0.645. The number of benzene rings is 1. The molecule has 5 rings (SSSR count). The van der Waals surface area contributed by atoms with Gasteiger partial charge in [-0.3, -0.25) is 4.79 Å². The molecule has 2 aromatic heterocycles. The molecule has 1 aliphatic carbocycles. The fraction of sp³-hybridized carbons (Fsp3) is 0.458. The first kappa shape index (κ1) is 20.2. The minimum Gasteiger partial charge on any atom is -0.396 e. The molecule has 0 saturated carbocycles. The number of nitrogen functional groups attached to an aromatic ring is 1. The molecule has 1 amide bonds. The van der Waals surface area contributed by atoms with Gasteiger partial charge in [-0.1, -0.05) is 6.07 Å². The minimum atomic E-state index is -0.116. The van der Waals surface area contributed by atoms with E-state index in [-0.39, 0.29) is 11.9 Å². The normalized spacial score (nSPS) is 18.8. The number of nitrogens with one attached hydrogen (secondary N) is 1. The molecule has 0 unspecified atom stereocenters. The Balaban J connectivity index is 1.32. The Morgan fingerprint density at radius 1 is 1.19 bits per heavy atom. The molecule has 1 fully saturated rings. The lowest BCUT2D eigenvalue weighted by molar-refractivity contribution is 0.0938. The van der Waals surface area contributed by atoms with Gasteiger partial charge >= 0.3 is 0 Å². The van der Waals surface area contributed by atoms with Gasteiger partial charge in [-0.2, -0.15) is 0 Å². The molecule has 1 atom stereocenters. The van der Waals surface area contributed by atoms with Crippen LogP contribution in [0.2, 0.25) is 0 Å². The Labute approximate surface area is 186 Å². The van der Waals surface area contributed by atoms with Crippen LogP contribution < -0.4 is 16.0 Å². The number of carbonyl (C=O) groups excluding carboxylic acids is 1. The molecule has 1 aliphatic heterocycles. The highest BCUT2D eigenvalue weighted by molar-refractivity contribution is 7.21. The highest BCUT2D eigenvalue weighted by atomic mass is 32.1. The molecule has 3 N–H and O–H groups in total. The van der Waals surface area contributed by atoms with Crippen LogP contribution in [0.15, 0.2) is 18.3 Å². The van der Waals surface area contributed by atoms with E-state index in [9.17, 15) is 4.79 Å². The molecule has 1 saturated heterocycles. The summed E-state index contributed by atoms with van der Waals surface area (Å²) in [6.07, 6.45) is 8.41. The van der Waals surface area contributed by atoms with Gasteiger partial charge in [0.1, 0.15) is 15.2 Å². The van der Waals surface area contributed by atoms with E-state index >= 15 is 0 Å². The predicted octanol–water partition coefficient (Wildman–Crippen LogP) is 4.17. The SMILES string of the molecule is Cc1cnc2c(N)c(C(=O)N[C@H]3CCc4cc(N5CCCCC5)c(C)cc4C3)sc2n1. The molecule has 31 heavy (non-hydrogen) atoms. The van der Waals surface area contributed by atoms with Crippen molar-refractivity contribution < 1.29 is 4.79 Å². The van der Waals surface area contributed by atoms with Crippen LogP contribution in [-0.4, -0.2) is 35.0 Å². The number of thiophene rings is 1. The van der Waals surface area contributed by atoms with Crippen molar-refractivity contribution in [2.75, 3.05) is 23.7 Å². The van der Waals surface area contributed by atoms with Crippen LogP contribution in [0.3, 0.4) is 0 Å². The van der Waals surface area contributed by atoms with E-state index in [2.05, 4.69) is 39.2 Å². The third-order valence-corrected chi connectivity index (χ3v) is 7.63. The van der Waals surface area contributed by atoms with Crippen molar-refractivity contribution >= 4 is 39.0 Å². The van der Waals surface area contributed by atoms with Crippen molar-refractivity contribution in [3.05, 3.63) is 45.6 Å². The third kappa shape index (κ3) is 3.87. The standard InChI is InChI=1S/C24H29N5OS/c1-14-10-17-11-18(7-6-16(17)12-19(14)29-8-4-3-5-9-29)28-23(30)22-20(25)21-24(31-22)27-15(2)13-26-21/h10,12-13,18H,3-9,11,25H2,1-2H3,(H,28,30)/t18-/m0/s1. The van der Waals surface area contributed by atoms with Gasteiger partial charge in [0.25, 0.3) is 5.91 Å². The number of anilines is 2. The molecule has 1 aromatic carbocycles. The third-order valence-electron chi connectivity index (χ3n) is 6.54. The molecule has 3 aromatic rings. The summed E-state index contributed by atoms with van der Waals surface area (Å²) in [6.45, 7) is 6.43. The smallest absolute Gasteiger partial charge is 0.263 e. The highest BCUT2D eigenvalue weighted by Crippen LogP contribution is 2.33. The van der Waals surface area contributed by atoms with E-state index in [0.29, 0.717) is 16.1 Å². The van der Waals surface area contributed by atoms with Crippen LogP contribution in [0, 0.1) is 13.8 Å². The summed E-state index contributed by atoms with van der Waals surface area (Å²) in [4.78, 5) is 25.6. The molecule has 7 heteroatoms. The first-order valence-electron chi connectivity index (χ1n) is 11.2. The van der Waals surface area contributed by atoms with Gasteiger partial charge < -0.3 is 16.0 Å².